The van der Waals surface area contributed by atoms with Crippen molar-refractivity contribution in [2.75, 3.05) is 0 Å². The van der Waals surface area contributed by atoms with Gasteiger partial charge in [0.15, 0.2) is 0 Å². The second-order valence-corrected chi connectivity index (χ2v) is 18.7. The average molecular weight is 829 g/mol. The Kier molecular flexibility index (Phi) is 12.4. The van der Waals surface area contributed by atoms with E-state index in [0.29, 0.717) is 22.8 Å². The molecule has 8 N–H and O–H groups in total. The summed E-state index contributed by atoms with van der Waals surface area (Å²) in [5, 5.41) is 20.5. The molecule has 0 aliphatic heterocycles. The van der Waals surface area contributed by atoms with Gasteiger partial charge in [0, 0.05) is 35.0 Å². The highest BCUT2D eigenvalue weighted by molar-refractivity contribution is 7.90. The molecule has 2 fully saturated rings. The number of aromatic amines is 2. The summed E-state index contributed by atoms with van der Waals surface area (Å²) >= 11 is 0. The molecule has 2 aliphatic carbocycles. The minimum Gasteiger partial charge on any atom is -0.479 e. The van der Waals surface area contributed by atoms with Crippen molar-refractivity contribution in [2.45, 2.75) is 86.5 Å². The molecule has 3 amide bonds. The van der Waals surface area contributed by atoms with E-state index in [0.717, 1.165) is 5.39 Å². The van der Waals surface area contributed by atoms with Gasteiger partial charge >= 0.3 is 18.2 Å². The van der Waals surface area contributed by atoms with Gasteiger partial charge in [-0.15, -0.1) is 13.2 Å². The number of carbonyl (C=O) groups excluding carboxylic acids is 3. The van der Waals surface area contributed by atoms with Crippen LogP contribution >= 0.6 is 0 Å². The number of amides is 3. The zero-order valence-electron chi connectivity index (χ0n) is 32.3. The van der Waals surface area contributed by atoms with E-state index in [1.54, 1.807) is 84.3 Å². The first-order chi connectivity index (χ1) is 26.3. The van der Waals surface area contributed by atoms with Gasteiger partial charge in [-0.25, -0.2) is 41.1 Å². The number of fused-ring (bicyclic) bond motifs is 2. The molecule has 0 saturated heterocycles. The zero-order chi connectivity index (χ0) is 42.8. The Labute approximate surface area is 330 Å². The molecule has 4 aromatic rings. The summed E-state index contributed by atoms with van der Waals surface area (Å²) < 4.78 is 60.1. The van der Waals surface area contributed by atoms with Gasteiger partial charge in [-0.1, -0.05) is 36.4 Å². The fourth-order valence-corrected chi connectivity index (χ4v) is 7.83. The van der Waals surface area contributed by atoms with Crippen molar-refractivity contribution in [1.29, 1.82) is 0 Å². The lowest BCUT2D eigenvalue weighted by atomic mass is 10.2. The first kappa shape index (κ1) is 44.1. The van der Waals surface area contributed by atoms with Gasteiger partial charge in [0.2, 0.25) is 10.0 Å². The molecule has 6 rings (SSSR count). The summed E-state index contributed by atoms with van der Waals surface area (Å²) in [6.07, 6.45) is 5.44. The molecule has 2 saturated carbocycles. The molecule has 2 heterocycles. The van der Waals surface area contributed by atoms with Crippen molar-refractivity contribution >= 4 is 65.9 Å². The Morgan fingerprint density at radius 2 is 1.18 bits per heavy atom. The summed E-state index contributed by atoms with van der Waals surface area (Å²) in [5.74, 6) is -2.50. The number of H-pyrrole nitrogens is 2. The number of aliphatic carboxylic acids is 1. The molecule has 0 spiro atoms. The fourth-order valence-electron chi connectivity index (χ4n) is 5.86. The van der Waals surface area contributed by atoms with Gasteiger partial charge in [-0.2, -0.15) is 0 Å². The number of sulfonamides is 2. The predicted octanol–water partition coefficient (Wildman–Crippen LogP) is 4.80. The van der Waals surface area contributed by atoms with Crippen LogP contribution in [0.3, 0.4) is 0 Å². The average Bonchev–Trinajstić information content (AvgIpc) is 3.79. The highest BCUT2D eigenvalue weighted by Gasteiger charge is 2.62. The Morgan fingerprint density at radius 1 is 0.754 bits per heavy atom. The Morgan fingerprint density at radius 3 is 1.58 bits per heavy atom. The van der Waals surface area contributed by atoms with Crippen molar-refractivity contribution < 1.29 is 50.6 Å². The van der Waals surface area contributed by atoms with Crippen LogP contribution in [-0.4, -0.2) is 78.3 Å². The monoisotopic (exact) mass is 828 g/mol. The van der Waals surface area contributed by atoms with Gasteiger partial charge < -0.3 is 35.2 Å². The van der Waals surface area contributed by atoms with Gasteiger partial charge in [-0.3, -0.25) is 4.79 Å². The summed E-state index contributed by atoms with van der Waals surface area (Å²) in [7, 11) is -7.79. The smallest absolute Gasteiger partial charge is 0.408 e. The van der Waals surface area contributed by atoms with Crippen LogP contribution in [0, 0.1) is 11.8 Å². The number of hydrogen-bond acceptors (Lipinski definition) is 10. The second-order valence-electron chi connectivity index (χ2n) is 15.5. The fraction of sp³-hybridized carbons (Fsp3) is 0.368. The number of aromatic nitrogens is 2. The summed E-state index contributed by atoms with van der Waals surface area (Å²) in [6.45, 7) is 17.4. The van der Waals surface area contributed by atoms with Crippen LogP contribution < -0.4 is 20.5 Å². The third-order valence-electron chi connectivity index (χ3n) is 8.75. The van der Waals surface area contributed by atoms with E-state index in [2.05, 4.69) is 38.5 Å². The first-order valence-electron chi connectivity index (χ1n) is 17.5. The minimum absolute atomic E-state index is 0.0495. The van der Waals surface area contributed by atoms with E-state index >= 15 is 0 Å². The van der Waals surface area contributed by atoms with Crippen LogP contribution in [0.1, 0.15) is 54.4 Å². The largest absolute Gasteiger partial charge is 0.479 e. The van der Waals surface area contributed by atoms with E-state index in [9.17, 15) is 36.0 Å². The Bertz CT molecular complexity index is 2430. The molecular formula is C38H48N6O11S2. The number of carbonyl (C=O) groups is 4. The molecular weight excluding hydrogens is 781 g/mol. The lowest BCUT2D eigenvalue weighted by molar-refractivity contribution is -0.141. The van der Waals surface area contributed by atoms with Crippen molar-refractivity contribution in [3.8, 4) is 0 Å². The maximum Gasteiger partial charge on any atom is 0.408 e. The standard InChI is InChI=1S/C19H23N3O5S.C11H17NO4.C8H8N2O2S/c1-5-13-11-19(13,21-17(24)27-18(2,3)4)16(23)22-28(25,26)14-8-6-7-12-9-10-20-15(12)14;1-5-7-6-11(7,8(13)14)12-9(15)16-10(2,3)4;9-13(11,12)7-3-1-2-6-4-5-10-8(6)7/h5-10,13,20H,1,11H2,2-4H3,(H,21,24)(H,22,23);5,7H,1,6H2,2-4H3,(H,12,15)(H,13,14);1-5,10H,(H2,9,11,12)/t13-,19-;7-,11-;/m11./s1. The number of carboxylic acids is 1. The second kappa shape index (κ2) is 16.1. The topological polar surface area (TPSA) is 269 Å². The number of carboxylic acid groups (broad SMARTS) is 1. The molecule has 4 atom stereocenters. The molecule has 2 aromatic carbocycles. The molecule has 2 aromatic heterocycles. The number of benzene rings is 2. The zero-order valence-corrected chi connectivity index (χ0v) is 34.0. The van der Waals surface area contributed by atoms with E-state index in [1.807, 2.05) is 6.07 Å². The molecule has 0 radical (unpaired) electrons. The molecule has 308 valence electrons. The van der Waals surface area contributed by atoms with E-state index in [4.69, 9.17) is 19.7 Å². The van der Waals surface area contributed by atoms with Crippen molar-refractivity contribution in [1.82, 2.24) is 25.3 Å². The molecule has 19 heteroatoms. The third kappa shape index (κ3) is 10.6. The van der Waals surface area contributed by atoms with Gasteiger partial charge in [0.1, 0.15) is 32.1 Å². The van der Waals surface area contributed by atoms with Crippen molar-refractivity contribution in [3.63, 3.8) is 0 Å². The summed E-state index contributed by atoms with van der Waals surface area (Å²) in [5.41, 5.74) is -3.05. The van der Waals surface area contributed by atoms with Gasteiger partial charge in [-0.05, 0) is 78.6 Å². The lowest BCUT2D eigenvalue weighted by Crippen LogP contribution is -2.52. The molecule has 57 heavy (non-hydrogen) atoms. The van der Waals surface area contributed by atoms with Gasteiger partial charge in [0.25, 0.3) is 15.9 Å². The van der Waals surface area contributed by atoms with Crippen molar-refractivity contribution in [3.05, 3.63) is 86.2 Å². The quantitative estimate of drug-likeness (QED) is 0.113. The maximum absolute atomic E-state index is 12.8. The van der Waals surface area contributed by atoms with Crippen LogP contribution in [0.2, 0.25) is 0 Å². The van der Waals surface area contributed by atoms with E-state index in [1.165, 1.54) is 24.3 Å². The lowest BCUT2D eigenvalue weighted by Gasteiger charge is -2.23. The van der Waals surface area contributed by atoms with Crippen LogP contribution in [0.4, 0.5) is 9.59 Å². The Hall–Kier alpha value is -5.66. The highest BCUT2D eigenvalue weighted by Crippen LogP contribution is 2.46. The number of primary sulfonamides is 1. The molecule has 0 unspecified atom stereocenters. The minimum atomic E-state index is -4.16. The first-order valence-corrected chi connectivity index (χ1v) is 20.5. The highest BCUT2D eigenvalue weighted by atomic mass is 32.2. The van der Waals surface area contributed by atoms with Crippen molar-refractivity contribution in [2.24, 2.45) is 17.0 Å². The predicted molar refractivity (Wildman–Crippen MR) is 212 cm³/mol. The Balaban J connectivity index is 0.000000209. The van der Waals surface area contributed by atoms with E-state index < -0.39 is 72.3 Å². The number of alkyl carbamates (subject to hydrolysis) is 2. The van der Waals surface area contributed by atoms with Crippen LogP contribution in [0.15, 0.2) is 96.0 Å². The molecule has 17 nitrogen and oxygen atoms in total. The van der Waals surface area contributed by atoms with Crippen LogP contribution in [-0.2, 0) is 39.1 Å². The third-order valence-corrected chi connectivity index (χ3v) is 11.1. The number of ether oxygens (including phenoxy) is 2. The number of nitrogens with one attached hydrogen (secondary N) is 5. The van der Waals surface area contributed by atoms with Crippen LogP contribution in [0.25, 0.3) is 21.8 Å². The normalized spacial score (nSPS) is 21.3. The van der Waals surface area contributed by atoms with E-state index in [-0.39, 0.29) is 22.1 Å². The maximum atomic E-state index is 12.8. The van der Waals surface area contributed by atoms with Crippen LogP contribution in [0.5, 0.6) is 0 Å². The van der Waals surface area contributed by atoms with Gasteiger partial charge in [0.05, 0.1) is 11.0 Å². The number of hydrogen-bond donors (Lipinski definition) is 7. The molecule has 0 bridgehead atoms. The molecule has 2 aliphatic rings. The SMILES string of the molecule is C=C[C@@H]1C[C@]1(NC(=O)OC(C)(C)C)C(=O)NS(=O)(=O)c1cccc2cc[nH]c12.C=C[C@@H]1C[C@]1(NC(=O)OC(C)(C)C)C(=O)O.NS(=O)(=O)c1cccc2cc[nH]c12. The number of para-hydroxylation sites is 2. The summed E-state index contributed by atoms with van der Waals surface area (Å²) in [6, 6.07) is 13.2. The number of nitrogens with two attached hydrogens (primary N) is 1. The number of rotatable bonds is 9. The summed E-state index contributed by atoms with van der Waals surface area (Å²) in [4.78, 5) is 53.3.